The lowest BCUT2D eigenvalue weighted by Gasteiger charge is -2.12. The maximum atomic E-state index is 13.7. The van der Waals surface area contributed by atoms with Crippen molar-refractivity contribution in [1.29, 1.82) is 0 Å². The van der Waals surface area contributed by atoms with Crippen LogP contribution < -0.4 is 4.72 Å². The SMILES string of the molecule is O=S([O-])NCc1nnc(C(c2nc3ccc(-c4ccc(C(F)(F)F)cc4)cc3s2)S(=O)(=O)Cc2ccccc2)o1. The first-order chi connectivity index (χ1) is 19.0. The van der Waals surface area contributed by atoms with Crippen molar-refractivity contribution in [1.82, 2.24) is 19.9 Å². The molecule has 0 amide bonds. The quantitative estimate of drug-likeness (QED) is 0.232. The molecule has 3 aromatic carbocycles. The van der Waals surface area contributed by atoms with Crippen molar-refractivity contribution in [2.24, 2.45) is 0 Å². The van der Waals surface area contributed by atoms with Crippen molar-refractivity contribution in [3.63, 3.8) is 0 Å². The van der Waals surface area contributed by atoms with Gasteiger partial charge >= 0.3 is 6.18 Å². The third kappa shape index (κ3) is 6.28. The first kappa shape index (κ1) is 28.0. The zero-order chi connectivity index (χ0) is 28.5. The summed E-state index contributed by atoms with van der Waals surface area (Å²) in [6.07, 6.45) is -4.45. The number of nitrogens with one attached hydrogen (secondary N) is 1. The molecule has 5 rings (SSSR count). The molecule has 0 radical (unpaired) electrons. The highest BCUT2D eigenvalue weighted by molar-refractivity contribution is 7.91. The van der Waals surface area contributed by atoms with Gasteiger partial charge < -0.3 is 8.97 Å². The number of halogens is 3. The van der Waals surface area contributed by atoms with Gasteiger partial charge in [0.25, 0.3) is 0 Å². The van der Waals surface area contributed by atoms with Gasteiger partial charge in [-0.15, -0.1) is 21.5 Å². The summed E-state index contributed by atoms with van der Waals surface area (Å²) in [7, 11) is -4.03. The fourth-order valence-corrected chi connectivity index (χ4v) is 7.35. The average Bonchev–Trinajstić information content (AvgIpc) is 3.54. The van der Waals surface area contributed by atoms with Crippen LogP contribution in [0.2, 0.25) is 0 Å². The summed E-state index contributed by atoms with van der Waals surface area (Å²) in [6, 6.07) is 18.3. The van der Waals surface area contributed by atoms with E-state index in [2.05, 4.69) is 19.9 Å². The number of hydrogen-bond acceptors (Lipinski definition) is 9. The molecule has 0 fully saturated rings. The van der Waals surface area contributed by atoms with E-state index in [1.807, 2.05) is 0 Å². The number of thiazole rings is 1. The molecule has 0 bridgehead atoms. The maximum Gasteiger partial charge on any atom is 0.416 e. The second kappa shape index (κ2) is 11.2. The van der Waals surface area contributed by atoms with Gasteiger partial charge in [-0.3, -0.25) is 4.21 Å². The number of hydrogen-bond donors (Lipinski definition) is 1. The van der Waals surface area contributed by atoms with E-state index in [-0.39, 0.29) is 29.1 Å². The van der Waals surface area contributed by atoms with Crippen LogP contribution in [0.1, 0.15) is 33.2 Å². The van der Waals surface area contributed by atoms with Gasteiger partial charge in [0.1, 0.15) is 5.01 Å². The van der Waals surface area contributed by atoms with Gasteiger partial charge in [-0.2, -0.15) is 13.2 Å². The topological polar surface area (TPSA) is 138 Å². The molecule has 15 heteroatoms. The average molecular weight is 608 g/mol. The highest BCUT2D eigenvalue weighted by Crippen LogP contribution is 2.38. The van der Waals surface area contributed by atoms with Gasteiger partial charge in [0, 0.05) is 11.3 Å². The van der Waals surface area contributed by atoms with E-state index in [9.17, 15) is 30.4 Å². The molecule has 0 spiro atoms. The Morgan fingerprint density at radius 3 is 2.38 bits per heavy atom. The molecule has 0 aliphatic rings. The Morgan fingerprint density at radius 1 is 1.00 bits per heavy atom. The Kier molecular flexibility index (Phi) is 7.83. The van der Waals surface area contributed by atoms with Crippen LogP contribution in [0, 0.1) is 0 Å². The molecule has 0 saturated carbocycles. The minimum atomic E-state index is -4.45. The van der Waals surface area contributed by atoms with Crippen molar-refractivity contribution in [3.8, 4) is 11.1 Å². The van der Waals surface area contributed by atoms with E-state index < -0.39 is 38.1 Å². The summed E-state index contributed by atoms with van der Waals surface area (Å²) in [5.41, 5.74) is 1.40. The third-order valence-electron chi connectivity index (χ3n) is 5.79. The second-order valence-electron chi connectivity index (χ2n) is 8.57. The molecular formula is C25H18F3N4O5S3-. The van der Waals surface area contributed by atoms with E-state index in [1.54, 1.807) is 48.5 Å². The Balaban J connectivity index is 1.53. The van der Waals surface area contributed by atoms with Gasteiger partial charge in [0.2, 0.25) is 11.8 Å². The molecule has 2 heterocycles. The van der Waals surface area contributed by atoms with E-state index in [0.717, 1.165) is 23.5 Å². The molecule has 40 heavy (non-hydrogen) atoms. The molecule has 0 aliphatic heterocycles. The van der Waals surface area contributed by atoms with Gasteiger partial charge in [-0.25, -0.2) is 18.1 Å². The smallest absolute Gasteiger partial charge is 0.416 e. The lowest BCUT2D eigenvalue weighted by Crippen LogP contribution is -2.17. The number of nitrogens with zero attached hydrogens (tertiary/aromatic N) is 3. The first-order valence-corrected chi connectivity index (χ1v) is 15.1. The zero-order valence-electron chi connectivity index (χ0n) is 20.2. The summed E-state index contributed by atoms with van der Waals surface area (Å²) in [4.78, 5) is 4.51. The van der Waals surface area contributed by atoms with Gasteiger partial charge in [0.05, 0.1) is 28.1 Å². The molecule has 9 nitrogen and oxygen atoms in total. The van der Waals surface area contributed by atoms with Crippen molar-refractivity contribution >= 4 is 42.7 Å². The first-order valence-electron chi connectivity index (χ1n) is 11.5. The Morgan fingerprint density at radius 2 is 1.70 bits per heavy atom. The van der Waals surface area contributed by atoms with Crippen molar-refractivity contribution in [2.45, 2.75) is 23.7 Å². The van der Waals surface area contributed by atoms with E-state index >= 15 is 0 Å². The van der Waals surface area contributed by atoms with Crippen LogP contribution in [0.5, 0.6) is 0 Å². The molecule has 2 aromatic heterocycles. The van der Waals surface area contributed by atoms with Crippen LogP contribution in [-0.2, 0) is 39.6 Å². The summed E-state index contributed by atoms with van der Waals surface area (Å²) in [6.45, 7) is -0.328. The van der Waals surface area contributed by atoms with Crippen LogP contribution >= 0.6 is 11.3 Å². The van der Waals surface area contributed by atoms with E-state index in [0.29, 0.717) is 26.9 Å². The van der Waals surface area contributed by atoms with Crippen molar-refractivity contribution in [3.05, 3.63) is 101 Å². The molecule has 208 valence electrons. The monoisotopic (exact) mass is 607 g/mol. The lowest BCUT2D eigenvalue weighted by molar-refractivity contribution is -0.137. The second-order valence-corrected chi connectivity index (χ2v) is 12.5. The van der Waals surface area contributed by atoms with Crippen LogP contribution in [0.25, 0.3) is 21.3 Å². The highest BCUT2D eigenvalue weighted by atomic mass is 32.2. The minimum Gasteiger partial charge on any atom is -0.760 e. The Labute approximate surface area is 232 Å². The number of rotatable bonds is 9. The summed E-state index contributed by atoms with van der Waals surface area (Å²) in [5, 5.41) is 6.35. The van der Waals surface area contributed by atoms with Gasteiger partial charge in [-0.05, 0) is 41.0 Å². The van der Waals surface area contributed by atoms with E-state index in [4.69, 9.17) is 4.42 Å². The van der Waals surface area contributed by atoms with Crippen molar-refractivity contribution in [2.75, 3.05) is 0 Å². The fourth-order valence-electron chi connectivity index (χ4n) is 3.95. The normalized spacial score (nSPS) is 13.9. The molecule has 2 unspecified atom stereocenters. The number of benzene rings is 3. The fraction of sp³-hybridized carbons (Fsp3) is 0.160. The minimum absolute atomic E-state index is 0.134. The number of alkyl halides is 3. The van der Waals surface area contributed by atoms with Crippen molar-refractivity contribution < 1.29 is 34.8 Å². The number of sulfone groups is 1. The van der Waals surface area contributed by atoms with E-state index in [1.165, 1.54) is 12.1 Å². The molecule has 0 saturated heterocycles. The van der Waals surface area contributed by atoms with Crippen LogP contribution in [0.4, 0.5) is 13.2 Å². The number of fused-ring (bicyclic) bond motifs is 1. The molecule has 0 aliphatic carbocycles. The highest BCUT2D eigenvalue weighted by Gasteiger charge is 2.37. The molecule has 5 aromatic rings. The predicted molar refractivity (Wildman–Crippen MR) is 141 cm³/mol. The van der Waals surface area contributed by atoms with Crippen LogP contribution in [0.3, 0.4) is 0 Å². The van der Waals surface area contributed by atoms with Crippen LogP contribution in [0.15, 0.2) is 77.2 Å². The molecular weight excluding hydrogens is 589 g/mol. The predicted octanol–water partition coefficient (Wildman–Crippen LogP) is 4.95. The summed E-state index contributed by atoms with van der Waals surface area (Å²) in [5.74, 6) is -0.762. The molecule has 1 N–H and O–H groups in total. The maximum absolute atomic E-state index is 13.7. The largest absolute Gasteiger partial charge is 0.760 e. The summed E-state index contributed by atoms with van der Waals surface area (Å²) < 4.78 is 96.1. The standard InChI is InChI=1S/C25H19F3N4O5S3/c26-25(27,28)18-9-6-16(7-10-18)17-8-11-19-20(12-17)38-24(30-19)22(23-32-31-21(37-23)13-29-39(33)34)40(35,36)14-15-4-2-1-3-5-15/h1-12,22,29H,13-14H2,(H,33,34)/p-1. The Hall–Kier alpha value is -3.50. The van der Waals surface area contributed by atoms with Crippen LogP contribution in [-0.4, -0.2) is 32.4 Å². The Bertz CT molecular complexity index is 1770. The van der Waals surface area contributed by atoms with Gasteiger partial charge in [0.15, 0.2) is 15.1 Å². The number of aromatic nitrogens is 3. The summed E-state index contributed by atoms with van der Waals surface area (Å²) >= 11 is -1.52. The zero-order valence-corrected chi connectivity index (χ0v) is 22.6. The third-order valence-corrected chi connectivity index (χ3v) is 9.28. The lowest BCUT2D eigenvalue weighted by atomic mass is 10.0. The van der Waals surface area contributed by atoms with Gasteiger partial charge in [-0.1, -0.05) is 48.5 Å². The molecule has 2 atom stereocenters.